The highest BCUT2D eigenvalue weighted by atomic mass is 28.3. The first-order valence-corrected chi connectivity index (χ1v) is 19.1. The fourth-order valence-electron chi connectivity index (χ4n) is 7.71. The lowest BCUT2D eigenvalue weighted by atomic mass is 10.1. The van der Waals surface area contributed by atoms with E-state index >= 15 is 0 Å². The highest BCUT2D eigenvalue weighted by Crippen LogP contribution is 2.36. The maximum Gasteiger partial charge on any atom is 0.181 e. The maximum atomic E-state index is 4.51. The van der Waals surface area contributed by atoms with Crippen LogP contribution in [0.4, 0.5) is 34.1 Å². The molecule has 5 nitrogen and oxygen atoms in total. The van der Waals surface area contributed by atoms with Gasteiger partial charge in [0.05, 0.1) is 35.7 Å². The third-order valence-electron chi connectivity index (χ3n) is 9.75. The second-order valence-electron chi connectivity index (χ2n) is 12.6. The number of nitrogens with zero attached hydrogens (tertiary/aromatic N) is 5. The molecular formula is C45H33N5Si. The van der Waals surface area contributed by atoms with Crippen LogP contribution in [0.3, 0.4) is 0 Å². The lowest BCUT2D eigenvalue weighted by Crippen LogP contribution is -2.72. The van der Waals surface area contributed by atoms with Crippen LogP contribution in [0, 0.1) is 0 Å². The average molecular weight is 672 g/mol. The van der Waals surface area contributed by atoms with E-state index < -0.39 is 8.07 Å². The van der Waals surface area contributed by atoms with Gasteiger partial charge in [0.25, 0.3) is 0 Å². The molecule has 0 bridgehead atoms. The van der Waals surface area contributed by atoms with Gasteiger partial charge in [0.2, 0.25) is 0 Å². The minimum absolute atomic E-state index is 0.975. The summed E-state index contributed by atoms with van der Waals surface area (Å²) < 4.78 is 0. The van der Waals surface area contributed by atoms with Gasteiger partial charge in [-0.2, -0.15) is 0 Å². The molecule has 0 fully saturated rings. The molecule has 9 rings (SSSR count). The second-order valence-corrected chi connectivity index (χ2v) is 16.3. The molecule has 242 valence electrons. The molecular weight excluding hydrogens is 639 g/mol. The second kappa shape index (κ2) is 13.0. The molecule has 8 aromatic rings. The molecule has 0 N–H and O–H groups in total. The van der Waals surface area contributed by atoms with E-state index in [1.807, 2.05) is 55.4 Å². The first-order chi connectivity index (χ1) is 25.3. The van der Waals surface area contributed by atoms with Crippen molar-refractivity contribution in [3.05, 3.63) is 201 Å². The number of rotatable bonds is 8. The molecule has 3 aromatic heterocycles. The van der Waals surface area contributed by atoms with Crippen LogP contribution in [0.15, 0.2) is 201 Å². The number of hydrogen-bond donors (Lipinski definition) is 0. The summed E-state index contributed by atoms with van der Waals surface area (Å²) in [4.78, 5) is 18.0. The van der Waals surface area contributed by atoms with Gasteiger partial charge in [0.15, 0.2) is 8.07 Å². The van der Waals surface area contributed by atoms with Gasteiger partial charge in [-0.05, 0) is 105 Å². The minimum Gasteiger partial charge on any atom is -0.309 e. The maximum absolute atomic E-state index is 4.51. The van der Waals surface area contributed by atoms with Gasteiger partial charge in [0, 0.05) is 35.7 Å². The summed E-state index contributed by atoms with van der Waals surface area (Å²) in [7, 11) is -2.88. The highest BCUT2D eigenvalue weighted by Gasteiger charge is 2.48. The van der Waals surface area contributed by atoms with E-state index in [1.54, 1.807) is 0 Å². The fraction of sp³-hybridized carbons (Fsp3) is 0. The van der Waals surface area contributed by atoms with Crippen molar-refractivity contribution < 1.29 is 0 Å². The van der Waals surface area contributed by atoms with E-state index in [1.165, 1.54) is 31.9 Å². The summed E-state index contributed by atoms with van der Waals surface area (Å²) in [6.45, 7) is 0. The van der Waals surface area contributed by atoms with Crippen molar-refractivity contribution in [2.45, 2.75) is 0 Å². The Kier molecular flexibility index (Phi) is 7.76. The Bertz CT molecular complexity index is 2190. The van der Waals surface area contributed by atoms with Crippen LogP contribution >= 0.6 is 0 Å². The predicted octanol–water partition coefficient (Wildman–Crippen LogP) is 8.17. The molecule has 0 aliphatic carbocycles. The zero-order valence-corrected chi connectivity index (χ0v) is 28.8. The third kappa shape index (κ3) is 5.21. The Labute approximate surface area is 298 Å². The van der Waals surface area contributed by atoms with Gasteiger partial charge in [-0.15, -0.1) is 0 Å². The van der Waals surface area contributed by atoms with Crippen molar-refractivity contribution in [2.75, 3.05) is 9.80 Å². The third-order valence-corrected chi connectivity index (χ3v) is 14.6. The molecule has 0 atom stereocenters. The smallest absolute Gasteiger partial charge is 0.181 e. The Balaban J connectivity index is 1.31. The summed E-state index contributed by atoms with van der Waals surface area (Å²) in [6, 6.07) is 59.2. The summed E-state index contributed by atoms with van der Waals surface area (Å²) in [5.41, 5.74) is 8.79. The summed E-state index contributed by atoms with van der Waals surface area (Å²) in [5.74, 6) is 0. The van der Waals surface area contributed by atoms with Crippen molar-refractivity contribution in [1.82, 2.24) is 15.0 Å². The lowest BCUT2D eigenvalue weighted by Gasteiger charge is -2.34. The van der Waals surface area contributed by atoms with Crippen LogP contribution < -0.4 is 30.5 Å². The molecule has 5 aromatic carbocycles. The quantitative estimate of drug-likeness (QED) is 0.153. The number of para-hydroxylation sites is 1. The van der Waals surface area contributed by atoms with Crippen molar-refractivity contribution in [1.29, 1.82) is 0 Å². The summed E-state index contributed by atoms with van der Waals surface area (Å²) in [5, 5.41) is 5.40. The Morgan fingerprint density at radius 1 is 0.333 bits per heavy atom. The number of pyridine rings is 3. The van der Waals surface area contributed by atoms with Gasteiger partial charge in [-0.3, -0.25) is 15.0 Å². The van der Waals surface area contributed by atoms with Gasteiger partial charge in [-0.25, -0.2) is 0 Å². The minimum atomic E-state index is -2.88. The SMILES string of the molecule is c1ccc(N(c2cccnc2)c2cccc([Si]3(c4cccc(N(c5cccnc5)c5cccnc5)c4)c4ccccc4-c4ccccc43)c2)cc1. The molecule has 51 heavy (non-hydrogen) atoms. The largest absolute Gasteiger partial charge is 0.309 e. The van der Waals surface area contributed by atoms with Crippen molar-refractivity contribution in [3.63, 3.8) is 0 Å². The summed E-state index contributed by atoms with van der Waals surface area (Å²) >= 11 is 0. The fourth-order valence-corrected chi connectivity index (χ4v) is 12.9. The molecule has 0 amide bonds. The number of fused-ring (bicyclic) bond motifs is 3. The number of aromatic nitrogens is 3. The molecule has 6 heteroatoms. The Morgan fingerprint density at radius 3 is 1.18 bits per heavy atom. The van der Waals surface area contributed by atoms with Crippen LogP contribution in [0.5, 0.6) is 0 Å². The van der Waals surface area contributed by atoms with E-state index in [-0.39, 0.29) is 0 Å². The van der Waals surface area contributed by atoms with Gasteiger partial charge >= 0.3 is 0 Å². The monoisotopic (exact) mass is 671 g/mol. The molecule has 0 spiro atoms. The van der Waals surface area contributed by atoms with E-state index in [9.17, 15) is 0 Å². The number of hydrogen-bond acceptors (Lipinski definition) is 5. The van der Waals surface area contributed by atoms with Crippen LogP contribution in [-0.2, 0) is 0 Å². The molecule has 0 saturated heterocycles. The molecule has 1 aliphatic rings. The standard InChI is InChI=1S/C45H33N5Si/c1-2-13-34(14-3-1)49(37-17-10-26-46-31-37)35-15-8-20-40(29-35)51(44-24-6-4-22-42(44)43-23-5-7-25-45(43)51)41-21-9-16-36(30-41)50(38-18-11-27-47-32-38)39-19-12-28-48-33-39/h1-33H. The first kappa shape index (κ1) is 30.4. The van der Waals surface area contributed by atoms with Crippen LogP contribution in [-0.4, -0.2) is 23.0 Å². The van der Waals surface area contributed by atoms with E-state index in [4.69, 9.17) is 0 Å². The highest BCUT2D eigenvalue weighted by molar-refractivity contribution is 7.22. The predicted molar refractivity (Wildman–Crippen MR) is 212 cm³/mol. The van der Waals surface area contributed by atoms with Crippen molar-refractivity contribution >= 4 is 62.9 Å². The molecule has 0 saturated carbocycles. The van der Waals surface area contributed by atoms with Crippen molar-refractivity contribution in [2.24, 2.45) is 0 Å². The van der Waals surface area contributed by atoms with E-state index in [0.29, 0.717) is 0 Å². The van der Waals surface area contributed by atoms with Crippen LogP contribution in [0.25, 0.3) is 11.1 Å². The van der Waals surface area contributed by atoms with Crippen LogP contribution in [0.1, 0.15) is 0 Å². The van der Waals surface area contributed by atoms with Gasteiger partial charge in [0.1, 0.15) is 0 Å². The average Bonchev–Trinajstić information content (AvgIpc) is 3.51. The zero-order valence-electron chi connectivity index (χ0n) is 27.8. The lowest BCUT2D eigenvalue weighted by molar-refractivity contribution is 1.20. The van der Waals surface area contributed by atoms with Gasteiger partial charge < -0.3 is 9.80 Å². The van der Waals surface area contributed by atoms with Crippen molar-refractivity contribution in [3.8, 4) is 11.1 Å². The summed E-state index contributed by atoms with van der Waals surface area (Å²) in [6.07, 6.45) is 11.2. The van der Waals surface area contributed by atoms with E-state index in [2.05, 4.69) is 170 Å². The van der Waals surface area contributed by atoms with E-state index in [0.717, 1.165) is 34.1 Å². The zero-order chi connectivity index (χ0) is 34.0. The molecule has 0 unspecified atom stereocenters. The normalized spacial score (nSPS) is 12.5. The van der Waals surface area contributed by atoms with Gasteiger partial charge in [-0.1, -0.05) is 91.0 Å². The number of anilines is 6. The number of benzene rings is 5. The first-order valence-electron chi connectivity index (χ1n) is 17.1. The topological polar surface area (TPSA) is 45.2 Å². The molecule has 1 aliphatic heterocycles. The molecule has 0 radical (unpaired) electrons. The Morgan fingerprint density at radius 2 is 0.725 bits per heavy atom. The molecule has 4 heterocycles. The van der Waals surface area contributed by atoms with Crippen LogP contribution in [0.2, 0.25) is 0 Å². The Hall–Kier alpha value is -6.63.